The van der Waals surface area contributed by atoms with Crippen molar-refractivity contribution in [2.24, 2.45) is 0 Å². The van der Waals surface area contributed by atoms with Crippen LogP contribution in [-0.2, 0) is 16.6 Å². The van der Waals surface area contributed by atoms with Crippen LogP contribution in [0, 0.1) is 0 Å². The first kappa shape index (κ1) is 16.5. The van der Waals surface area contributed by atoms with E-state index in [0.717, 1.165) is 9.87 Å². The SMILES string of the molecule is COc1cc(Cl)c(CCNS(=O)(=O)N(C)C)cc1Cl. The van der Waals surface area contributed by atoms with Crippen molar-refractivity contribution in [3.63, 3.8) is 0 Å². The van der Waals surface area contributed by atoms with E-state index in [1.54, 1.807) is 12.1 Å². The Morgan fingerprint density at radius 2 is 1.89 bits per heavy atom. The van der Waals surface area contributed by atoms with Gasteiger partial charge in [0.05, 0.1) is 12.1 Å². The monoisotopic (exact) mass is 326 g/mol. The molecule has 0 radical (unpaired) electrons. The molecule has 0 aliphatic heterocycles. The number of hydrogen-bond acceptors (Lipinski definition) is 3. The molecule has 1 N–H and O–H groups in total. The number of hydrogen-bond donors (Lipinski definition) is 1. The summed E-state index contributed by atoms with van der Waals surface area (Å²) in [6.07, 6.45) is 0.440. The van der Waals surface area contributed by atoms with Gasteiger partial charge in [-0.15, -0.1) is 0 Å². The quantitative estimate of drug-likeness (QED) is 0.869. The van der Waals surface area contributed by atoms with E-state index in [4.69, 9.17) is 27.9 Å². The second kappa shape index (κ2) is 6.76. The number of halogens is 2. The minimum Gasteiger partial charge on any atom is -0.495 e. The van der Waals surface area contributed by atoms with Crippen LogP contribution >= 0.6 is 23.2 Å². The summed E-state index contributed by atoms with van der Waals surface area (Å²) >= 11 is 12.1. The number of rotatable bonds is 6. The van der Waals surface area contributed by atoms with Crippen molar-refractivity contribution >= 4 is 33.4 Å². The van der Waals surface area contributed by atoms with E-state index < -0.39 is 10.2 Å². The van der Waals surface area contributed by atoms with Gasteiger partial charge in [-0.1, -0.05) is 23.2 Å². The maximum absolute atomic E-state index is 11.5. The molecule has 0 heterocycles. The molecule has 0 unspecified atom stereocenters. The maximum Gasteiger partial charge on any atom is 0.278 e. The molecule has 108 valence electrons. The summed E-state index contributed by atoms with van der Waals surface area (Å²) in [6, 6.07) is 3.28. The lowest BCUT2D eigenvalue weighted by atomic mass is 10.1. The minimum absolute atomic E-state index is 0.239. The van der Waals surface area contributed by atoms with Crippen LogP contribution in [-0.4, -0.2) is 40.5 Å². The van der Waals surface area contributed by atoms with Crippen molar-refractivity contribution < 1.29 is 13.2 Å². The molecule has 0 bridgehead atoms. The van der Waals surface area contributed by atoms with Crippen LogP contribution < -0.4 is 9.46 Å². The Balaban J connectivity index is 2.72. The van der Waals surface area contributed by atoms with Gasteiger partial charge in [-0.05, 0) is 18.1 Å². The number of nitrogens with one attached hydrogen (secondary N) is 1. The van der Waals surface area contributed by atoms with E-state index in [1.807, 2.05) is 0 Å². The highest BCUT2D eigenvalue weighted by Crippen LogP contribution is 2.31. The van der Waals surface area contributed by atoms with E-state index in [9.17, 15) is 8.42 Å². The third kappa shape index (κ3) is 4.50. The highest BCUT2D eigenvalue weighted by Gasteiger charge is 2.13. The van der Waals surface area contributed by atoms with Gasteiger partial charge < -0.3 is 4.74 Å². The van der Waals surface area contributed by atoms with Gasteiger partial charge in [-0.3, -0.25) is 0 Å². The van der Waals surface area contributed by atoms with E-state index in [2.05, 4.69) is 4.72 Å². The van der Waals surface area contributed by atoms with Gasteiger partial charge in [0.15, 0.2) is 0 Å². The molecule has 0 atom stereocenters. The third-order valence-electron chi connectivity index (χ3n) is 2.48. The molecular formula is C11H16Cl2N2O3S. The van der Waals surface area contributed by atoms with Gasteiger partial charge in [-0.25, -0.2) is 4.72 Å². The summed E-state index contributed by atoms with van der Waals surface area (Å²) in [7, 11) is 0.997. The lowest BCUT2D eigenvalue weighted by Crippen LogP contribution is -2.36. The standard InChI is InChI=1S/C11H16Cl2N2O3S/c1-15(2)19(16,17)14-5-4-8-6-10(13)11(18-3)7-9(8)12/h6-7,14H,4-5H2,1-3H3. The van der Waals surface area contributed by atoms with Crippen LogP contribution in [0.2, 0.25) is 10.0 Å². The second-order valence-electron chi connectivity index (χ2n) is 4.01. The Morgan fingerprint density at radius 3 is 2.42 bits per heavy atom. The van der Waals surface area contributed by atoms with Gasteiger partial charge in [0.1, 0.15) is 5.75 Å². The Morgan fingerprint density at radius 1 is 1.26 bits per heavy atom. The van der Waals surface area contributed by atoms with Crippen LogP contribution in [0.4, 0.5) is 0 Å². The van der Waals surface area contributed by atoms with Gasteiger partial charge in [-0.2, -0.15) is 12.7 Å². The Bertz CT molecular complexity index is 547. The third-order valence-corrected chi connectivity index (χ3v) is 4.66. The minimum atomic E-state index is -3.42. The average molecular weight is 327 g/mol. The number of ether oxygens (including phenoxy) is 1. The normalized spacial score (nSPS) is 11.9. The van der Waals surface area contributed by atoms with Gasteiger partial charge in [0, 0.05) is 31.7 Å². The molecule has 1 aromatic carbocycles. The van der Waals surface area contributed by atoms with E-state index in [1.165, 1.54) is 21.2 Å². The fourth-order valence-electron chi connectivity index (χ4n) is 1.36. The molecule has 0 aliphatic rings. The predicted molar refractivity (Wildman–Crippen MR) is 77.3 cm³/mol. The van der Waals surface area contributed by atoms with Crippen LogP contribution in [0.25, 0.3) is 0 Å². The van der Waals surface area contributed by atoms with Crippen LogP contribution in [0.5, 0.6) is 5.75 Å². The van der Waals surface area contributed by atoms with Gasteiger partial charge in [0.2, 0.25) is 0 Å². The van der Waals surface area contributed by atoms with Crippen molar-refractivity contribution in [2.75, 3.05) is 27.7 Å². The lowest BCUT2D eigenvalue weighted by Gasteiger charge is -2.13. The van der Waals surface area contributed by atoms with Crippen molar-refractivity contribution in [3.05, 3.63) is 27.7 Å². The number of methoxy groups -OCH3 is 1. The van der Waals surface area contributed by atoms with E-state index >= 15 is 0 Å². The summed E-state index contributed by atoms with van der Waals surface area (Å²) in [5.74, 6) is 0.490. The van der Waals surface area contributed by atoms with Crippen LogP contribution in [0.1, 0.15) is 5.56 Å². The molecule has 1 aromatic rings. The molecule has 0 fully saturated rings. The highest BCUT2D eigenvalue weighted by atomic mass is 35.5. The van der Waals surface area contributed by atoms with E-state index in [-0.39, 0.29) is 6.54 Å². The number of nitrogens with zero attached hydrogens (tertiary/aromatic N) is 1. The zero-order chi connectivity index (χ0) is 14.6. The predicted octanol–water partition coefficient (Wildman–Crippen LogP) is 1.94. The molecule has 19 heavy (non-hydrogen) atoms. The first-order valence-corrected chi connectivity index (χ1v) is 7.66. The molecule has 8 heteroatoms. The highest BCUT2D eigenvalue weighted by molar-refractivity contribution is 7.87. The molecule has 5 nitrogen and oxygen atoms in total. The van der Waals surface area contributed by atoms with Gasteiger partial charge in [0.25, 0.3) is 10.2 Å². The molecule has 0 spiro atoms. The first-order chi connectivity index (χ1) is 8.77. The molecular weight excluding hydrogens is 311 g/mol. The second-order valence-corrected chi connectivity index (χ2v) is 6.79. The smallest absolute Gasteiger partial charge is 0.278 e. The zero-order valence-electron chi connectivity index (χ0n) is 10.9. The Kier molecular flexibility index (Phi) is 5.88. The molecule has 0 saturated carbocycles. The van der Waals surface area contributed by atoms with Crippen molar-refractivity contribution in [1.82, 2.24) is 9.03 Å². The fraction of sp³-hybridized carbons (Fsp3) is 0.455. The Hall–Kier alpha value is -0.530. The summed E-state index contributed by atoms with van der Waals surface area (Å²) < 4.78 is 31.6. The molecule has 0 aromatic heterocycles. The summed E-state index contributed by atoms with van der Waals surface area (Å²) in [5.41, 5.74) is 0.758. The van der Waals surface area contributed by atoms with Crippen molar-refractivity contribution in [3.8, 4) is 5.75 Å². The summed E-state index contributed by atoms with van der Waals surface area (Å²) in [6.45, 7) is 0.239. The van der Waals surface area contributed by atoms with E-state index in [0.29, 0.717) is 22.2 Å². The van der Waals surface area contributed by atoms with Crippen molar-refractivity contribution in [2.45, 2.75) is 6.42 Å². The number of benzene rings is 1. The largest absolute Gasteiger partial charge is 0.495 e. The molecule has 0 aliphatic carbocycles. The topological polar surface area (TPSA) is 58.6 Å². The lowest BCUT2D eigenvalue weighted by molar-refractivity contribution is 0.415. The fourth-order valence-corrected chi connectivity index (χ4v) is 2.49. The molecule has 1 rings (SSSR count). The first-order valence-electron chi connectivity index (χ1n) is 5.47. The van der Waals surface area contributed by atoms with Crippen LogP contribution in [0.15, 0.2) is 12.1 Å². The summed E-state index contributed by atoms with van der Waals surface area (Å²) in [5, 5.41) is 0.933. The average Bonchev–Trinajstić information content (AvgIpc) is 2.32. The van der Waals surface area contributed by atoms with Crippen molar-refractivity contribution in [1.29, 1.82) is 0 Å². The zero-order valence-corrected chi connectivity index (χ0v) is 13.2. The molecule has 0 saturated heterocycles. The summed E-state index contributed by atoms with van der Waals surface area (Å²) in [4.78, 5) is 0. The maximum atomic E-state index is 11.5. The van der Waals surface area contributed by atoms with Crippen LogP contribution in [0.3, 0.4) is 0 Å². The Labute approximate surface area is 123 Å². The molecule has 0 amide bonds. The van der Waals surface area contributed by atoms with Gasteiger partial charge >= 0.3 is 0 Å².